The molecule has 68 valence electrons. The van der Waals surface area contributed by atoms with Crippen molar-refractivity contribution in [1.82, 2.24) is 0 Å². The van der Waals surface area contributed by atoms with Crippen molar-refractivity contribution >= 4 is 0 Å². The van der Waals surface area contributed by atoms with Crippen LogP contribution in [0.3, 0.4) is 0 Å². The third-order valence-corrected chi connectivity index (χ3v) is 1.82. The summed E-state index contributed by atoms with van der Waals surface area (Å²) in [7, 11) is 0. The van der Waals surface area contributed by atoms with Crippen LogP contribution in [0.1, 0.15) is 38.5 Å². The number of hydrogen-bond acceptors (Lipinski definition) is 0. The quantitative estimate of drug-likeness (QED) is 0.450. The summed E-state index contributed by atoms with van der Waals surface area (Å²) in [6.07, 6.45) is 15.7. The molecule has 0 nitrogen and oxygen atoms in total. The van der Waals surface area contributed by atoms with E-state index in [4.69, 9.17) is 0 Å². The number of hydrogen-bond donors (Lipinski definition) is 0. The van der Waals surface area contributed by atoms with Gasteiger partial charge in [-0.05, 0) is 25.7 Å². The first-order chi connectivity index (χ1) is 5.91. The summed E-state index contributed by atoms with van der Waals surface area (Å²) in [5.74, 6) is 0. The van der Waals surface area contributed by atoms with Gasteiger partial charge in [-0.2, -0.15) is 0 Å². The third kappa shape index (κ3) is 9.48. The predicted molar refractivity (Wildman–Crippen MR) is 56.7 cm³/mol. The second kappa shape index (κ2) is 10.5. The maximum absolute atomic E-state index is 3.65. The summed E-state index contributed by atoms with van der Waals surface area (Å²) in [5.41, 5.74) is 0. The molecule has 2 radical (unpaired) electrons. The van der Waals surface area contributed by atoms with Crippen LogP contribution in [0.15, 0.2) is 25.3 Å². The topological polar surface area (TPSA) is 0 Å². The highest BCUT2D eigenvalue weighted by molar-refractivity contribution is 4.86. The van der Waals surface area contributed by atoms with Crippen LogP contribution >= 0.6 is 0 Å². The van der Waals surface area contributed by atoms with Crippen molar-refractivity contribution in [3.05, 3.63) is 38.2 Å². The Bertz CT molecular complexity index is 88.6. The van der Waals surface area contributed by atoms with E-state index in [0.29, 0.717) is 0 Å². The van der Waals surface area contributed by atoms with Crippen LogP contribution in [-0.2, 0) is 0 Å². The number of unbranched alkanes of at least 4 members (excludes halogenated alkanes) is 7. The van der Waals surface area contributed by atoms with Gasteiger partial charge in [-0.15, -0.1) is 13.2 Å². The van der Waals surface area contributed by atoms with Crippen LogP contribution in [0.2, 0.25) is 0 Å². The third-order valence-electron chi connectivity index (χ3n) is 1.82. The van der Waals surface area contributed by atoms with Gasteiger partial charge in [0.2, 0.25) is 0 Å². The second-order valence-electron chi connectivity index (χ2n) is 2.93. The van der Waals surface area contributed by atoms with Gasteiger partial charge in [0.1, 0.15) is 0 Å². The van der Waals surface area contributed by atoms with E-state index in [0.717, 1.165) is 0 Å². The largest absolute Gasteiger partial charge is 0.103 e. The molecule has 0 aliphatic rings. The maximum atomic E-state index is 3.65. The Morgan fingerprint density at radius 2 is 1.08 bits per heavy atom. The second-order valence-corrected chi connectivity index (χ2v) is 2.93. The van der Waals surface area contributed by atoms with Crippen LogP contribution in [0.5, 0.6) is 0 Å². The average molecular weight is 164 g/mol. The predicted octanol–water partition coefficient (Wildman–Crippen LogP) is 4.11. The van der Waals surface area contributed by atoms with Gasteiger partial charge in [-0.25, -0.2) is 0 Å². The Balaban J connectivity index is 2.81. The first-order valence-electron chi connectivity index (χ1n) is 4.80. The highest BCUT2D eigenvalue weighted by Crippen LogP contribution is 2.07. The number of allylic oxidation sites excluding steroid dienone is 2. The molecule has 0 saturated heterocycles. The molecule has 12 heavy (non-hydrogen) atoms. The summed E-state index contributed by atoms with van der Waals surface area (Å²) in [6.45, 7) is 7.29. The summed E-state index contributed by atoms with van der Waals surface area (Å²) >= 11 is 0. The van der Waals surface area contributed by atoms with E-state index in [1.54, 1.807) is 0 Å². The zero-order chi connectivity index (χ0) is 9.07. The van der Waals surface area contributed by atoms with Crippen LogP contribution in [-0.4, -0.2) is 0 Å². The molecule has 0 rings (SSSR count). The highest BCUT2D eigenvalue weighted by atomic mass is 13.9. The number of rotatable bonds is 9. The molecule has 0 aliphatic heterocycles. The minimum Gasteiger partial charge on any atom is -0.103 e. The monoisotopic (exact) mass is 164 g/mol. The maximum Gasteiger partial charge on any atom is -0.0173 e. The van der Waals surface area contributed by atoms with E-state index >= 15 is 0 Å². The molecule has 0 heteroatoms. The molecule has 0 fully saturated rings. The Kier molecular flexibility index (Phi) is 10.0. The van der Waals surface area contributed by atoms with Gasteiger partial charge in [-0.3, -0.25) is 0 Å². The Labute approximate surface area is 77.4 Å². The lowest BCUT2D eigenvalue weighted by atomic mass is 10.1. The van der Waals surface area contributed by atoms with Crippen molar-refractivity contribution in [2.24, 2.45) is 0 Å². The zero-order valence-electron chi connectivity index (χ0n) is 7.97. The van der Waals surface area contributed by atoms with Crippen molar-refractivity contribution in [1.29, 1.82) is 0 Å². The van der Waals surface area contributed by atoms with Crippen LogP contribution in [0.4, 0.5) is 0 Å². The van der Waals surface area contributed by atoms with Gasteiger partial charge >= 0.3 is 0 Å². The van der Waals surface area contributed by atoms with Crippen molar-refractivity contribution < 1.29 is 0 Å². The van der Waals surface area contributed by atoms with Gasteiger partial charge in [0.15, 0.2) is 0 Å². The van der Waals surface area contributed by atoms with Crippen LogP contribution in [0, 0.1) is 12.8 Å². The lowest BCUT2D eigenvalue weighted by Gasteiger charge is -1.98. The molecule has 0 amide bonds. The standard InChI is InChI=1S/C12H20/c1-3-5-7-9-11-12-10-8-6-4-2/h3-6H,1-2,7-12H2. The molecule has 0 spiro atoms. The van der Waals surface area contributed by atoms with Crippen molar-refractivity contribution in [2.45, 2.75) is 38.5 Å². The molecule has 0 unspecified atom stereocenters. The lowest BCUT2D eigenvalue weighted by Crippen LogP contribution is -1.79. The molecule has 0 saturated carbocycles. The molecule has 0 aromatic rings. The summed E-state index contributed by atoms with van der Waals surface area (Å²) < 4.78 is 0. The first-order valence-corrected chi connectivity index (χ1v) is 4.80. The summed E-state index contributed by atoms with van der Waals surface area (Å²) in [4.78, 5) is 0. The minimum absolute atomic E-state index is 1.19. The Morgan fingerprint density at radius 1 is 0.667 bits per heavy atom. The minimum atomic E-state index is 1.19. The fraction of sp³-hybridized carbons (Fsp3) is 0.500. The molecular formula is C12H20. The van der Waals surface area contributed by atoms with Crippen LogP contribution in [0.25, 0.3) is 0 Å². The molecule has 0 aliphatic carbocycles. The van der Waals surface area contributed by atoms with Crippen molar-refractivity contribution in [3.63, 3.8) is 0 Å². The van der Waals surface area contributed by atoms with E-state index in [2.05, 4.69) is 26.0 Å². The summed E-state index contributed by atoms with van der Waals surface area (Å²) in [6, 6.07) is 0. The smallest absolute Gasteiger partial charge is 0.0173 e. The van der Waals surface area contributed by atoms with E-state index in [1.807, 2.05) is 12.2 Å². The SMILES string of the molecule is C=C[CH]CCCCCC[CH]C=C. The zero-order valence-corrected chi connectivity index (χ0v) is 7.97. The highest BCUT2D eigenvalue weighted by Gasteiger charge is 1.89. The van der Waals surface area contributed by atoms with Gasteiger partial charge in [-0.1, -0.05) is 37.8 Å². The van der Waals surface area contributed by atoms with Crippen molar-refractivity contribution in [3.8, 4) is 0 Å². The van der Waals surface area contributed by atoms with Crippen molar-refractivity contribution in [2.75, 3.05) is 0 Å². The molecule has 0 aromatic heterocycles. The lowest BCUT2D eigenvalue weighted by molar-refractivity contribution is 0.640. The Hall–Kier alpha value is -0.520. The molecular weight excluding hydrogens is 144 g/mol. The van der Waals surface area contributed by atoms with E-state index in [-0.39, 0.29) is 0 Å². The Morgan fingerprint density at radius 3 is 1.42 bits per heavy atom. The molecule has 0 heterocycles. The first kappa shape index (κ1) is 11.5. The molecule has 0 bridgehead atoms. The van der Waals surface area contributed by atoms with E-state index in [1.165, 1.54) is 38.5 Å². The fourth-order valence-corrected chi connectivity index (χ4v) is 1.11. The normalized spacial score (nSPS) is 9.67. The van der Waals surface area contributed by atoms with Gasteiger partial charge in [0, 0.05) is 0 Å². The van der Waals surface area contributed by atoms with E-state index < -0.39 is 0 Å². The molecule has 0 atom stereocenters. The van der Waals surface area contributed by atoms with Gasteiger partial charge in [0.05, 0.1) is 0 Å². The van der Waals surface area contributed by atoms with E-state index in [9.17, 15) is 0 Å². The van der Waals surface area contributed by atoms with Crippen LogP contribution < -0.4 is 0 Å². The van der Waals surface area contributed by atoms with Gasteiger partial charge < -0.3 is 0 Å². The summed E-state index contributed by atoms with van der Waals surface area (Å²) in [5, 5.41) is 0. The average Bonchev–Trinajstić information content (AvgIpc) is 2.10. The molecule has 0 N–H and O–H groups in total. The molecule has 0 aromatic carbocycles. The van der Waals surface area contributed by atoms with Gasteiger partial charge in [0.25, 0.3) is 0 Å². The fourth-order valence-electron chi connectivity index (χ4n) is 1.11.